The van der Waals surface area contributed by atoms with Crippen LogP contribution in [0, 0.1) is 5.92 Å². The van der Waals surface area contributed by atoms with Crippen LogP contribution in [-0.2, 0) is 4.57 Å². The van der Waals surface area contributed by atoms with Crippen LogP contribution in [0.4, 0.5) is 4.39 Å². The molecule has 0 aromatic carbocycles. The summed E-state index contributed by atoms with van der Waals surface area (Å²) in [7, 11) is -2.42. The highest BCUT2D eigenvalue weighted by atomic mass is 31.1. The van der Waals surface area contributed by atoms with Crippen molar-refractivity contribution in [1.29, 1.82) is 0 Å². The molecule has 0 aromatic rings. The van der Waals surface area contributed by atoms with E-state index in [9.17, 15) is 13.8 Å². The molecule has 0 heterocycles. The maximum atomic E-state index is 13.7. The summed E-state index contributed by atoms with van der Waals surface area (Å²) in [5.74, 6) is 0.0777. The molecule has 15 heavy (non-hydrogen) atoms. The van der Waals surface area contributed by atoms with Gasteiger partial charge in [-0.2, -0.15) is 4.89 Å². The first-order chi connectivity index (χ1) is 7.16. The molecule has 3 N–H and O–H groups in total. The topological polar surface area (TPSA) is 63.3 Å². The van der Waals surface area contributed by atoms with Gasteiger partial charge in [-0.1, -0.05) is 19.3 Å². The molecule has 5 heteroatoms. The van der Waals surface area contributed by atoms with E-state index in [4.69, 9.17) is 5.73 Å². The van der Waals surface area contributed by atoms with Gasteiger partial charge in [-0.3, -0.25) is 0 Å². The Balaban J connectivity index is 2.58. The largest absolute Gasteiger partial charge is 0.512 e. The summed E-state index contributed by atoms with van der Waals surface area (Å²) in [5.41, 5.74) is 4.59. The fourth-order valence-corrected chi connectivity index (χ4v) is 3.50. The first-order valence-electron chi connectivity index (χ1n) is 5.66. The van der Waals surface area contributed by atoms with E-state index in [0.717, 1.165) is 25.7 Å². The summed E-state index contributed by atoms with van der Waals surface area (Å²) >= 11 is 0. The lowest BCUT2D eigenvalue weighted by molar-refractivity contribution is 0.220. The fourth-order valence-electron chi connectivity index (χ4n) is 2.42. The number of hydrogen-bond acceptors (Lipinski definition) is 2. The molecule has 3 atom stereocenters. The average Bonchev–Trinajstić information content (AvgIpc) is 2.19. The molecular formula is C10H20FNO2P+. The second kappa shape index (κ2) is 6.51. The molecule has 0 aromatic heterocycles. The van der Waals surface area contributed by atoms with Gasteiger partial charge in [-0.05, 0) is 30.4 Å². The minimum Gasteiger partial charge on any atom is -0.330 e. The third kappa shape index (κ3) is 3.78. The molecule has 1 unspecified atom stereocenters. The van der Waals surface area contributed by atoms with E-state index in [1.165, 1.54) is 6.42 Å². The van der Waals surface area contributed by atoms with Gasteiger partial charge in [0.2, 0.25) is 5.66 Å². The molecule has 3 nitrogen and oxygen atoms in total. The highest BCUT2D eigenvalue weighted by Gasteiger charge is 2.44. The molecule has 1 aliphatic carbocycles. The standard InChI is InChI=1S/C10H19FNO2P/c11-9(6-7-12)10(15(13)14)8-4-2-1-3-5-8/h8-10H,1-7,12H2/p+1/t9-,10-/m1/s1. The van der Waals surface area contributed by atoms with Crippen molar-refractivity contribution in [3.05, 3.63) is 0 Å². The summed E-state index contributed by atoms with van der Waals surface area (Å²) in [6.07, 6.45) is 4.03. The maximum Gasteiger partial charge on any atom is 0.512 e. The quantitative estimate of drug-likeness (QED) is 0.720. The molecular weight excluding hydrogens is 216 g/mol. The highest BCUT2D eigenvalue weighted by Crippen LogP contribution is 2.41. The van der Waals surface area contributed by atoms with Gasteiger partial charge in [0.25, 0.3) is 0 Å². The van der Waals surface area contributed by atoms with Crippen LogP contribution in [0.3, 0.4) is 0 Å². The van der Waals surface area contributed by atoms with Crippen molar-refractivity contribution >= 4 is 8.03 Å². The van der Waals surface area contributed by atoms with E-state index < -0.39 is 19.9 Å². The minimum atomic E-state index is -2.42. The van der Waals surface area contributed by atoms with Crippen molar-refractivity contribution in [1.82, 2.24) is 0 Å². The van der Waals surface area contributed by atoms with Crippen LogP contribution in [0.25, 0.3) is 0 Å². The lowest BCUT2D eigenvalue weighted by Crippen LogP contribution is -2.31. The summed E-state index contributed by atoms with van der Waals surface area (Å²) < 4.78 is 24.9. The minimum absolute atomic E-state index is 0.0777. The van der Waals surface area contributed by atoms with E-state index in [0.29, 0.717) is 0 Å². The molecule has 1 saturated carbocycles. The Kier molecular flexibility index (Phi) is 5.65. The first-order valence-corrected chi connectivity index (χ1v) is 6.94. The number of alkyl halides is 1. The first kappa shape index (κ1) is 13.0. The van der Waals surface area contributed by atoms with Crippen molar-refractivity contribution < 1.29 is 13.8 Å². The predicted molar refractivity (Wildman–Crippen MR) is 58.8 cm³/mol. The summed E-state index contributed by atoms with van der Waals surface area (Å²) in [4.78, 5) is 9.19. The van der Waals surface area contributed by atoms with E-state index in [1.807, 2.05) is 0 Å². The Hall–Kier alpha value is -0.0500. The molecule has 0 saturated heterocycles. The number of hydrogen-bond donors (Lipinski definition) is 2. The van der Waals surface area contributed by atoms with Crippen molar-refractivity contribution in [3.8, 4) is 0 Å². The van der Waals surface area contributed by atoms with Gasteiger partial charge >= 0.3 is 8.03 Å². The van der Waals surface area contributed by atoms with Crippen molar-refractivity contribution in [2.75, 3.05) is 6.54 Å². The summed E-state index contributed by atoms with van der Waals surface area (Å²) in [6.45, 7) is 0.244. The van der Waals surface area contributed by atoms with Crippen LogP contribution in [0.5, 0.6) is 0 Å². The number of nitrogens with two attached hydrogens (primary N) is 1. The normalized spacial score (nSPS) is 23.5. The van der Waals surface area contributed by atoms with Crippen LogP contribution in [0.15, 0.2) is 0 Å². The fraction of sp³-hybridized carbons (Fsp3) is 1.00. The van der Waals surface area contributed by atoms with Gasteiger partial charge < -0.3 is 5.73 Å². The summed E-state index contributed by atoms with van der Waals surface area (Å²) in [5, 5.41) is 0. The lowest BCUT2D eigenvalue weighted by Gasteiger charge is -2.24. The van der Waals surface area contributed by atoms with Crippen molar-refractivity contribution in [2.45, 2.75) is 50.4 Å². The number of halogens is 1. The maximum absolute atomic E-state index is 13.7. The molecule has 0 bridgehead atoms. The molecule has 0 radical (unpaired) electrons. The molecule has 0 aliphatic heterocycles. The van der Waals surface area contributed by atoms with Crippen LogP contribution < -0.4 is 5.73 Å². The van der Waals surface area contributed by atoms with Crippen molar-refractivity contribution in [2.24, 2.45) is 11.7 Å². The zero-order chi connectivity index (χ0) is 11.3. The third-order valence-electron chi connectivity index (χ3n) is 3.20. The van der Waals surface area contributed by atoms with E-state index in [2.05, 4.69) is 0 Å². The van der Waals surface area contributed by atoms with Gasteiger partial charge in [0.1, 0.15) is 0 Å². The Labute approximate surface area is 91.1 Å². The highest BCUT2D eigenvalue weighted by molar-refractivity contribution is 7.39. The zero-order valence-corrected chi connectivity index (χ0v) is 9.83. The number of rotatable bonds is 5. The van der Waals surface area contributed by atoms with E-state index in [1.54, 1.807) is 0 Å². The molecule has 0 amide bonds. The molecule has 1 aliphatic rings. The monoisotopic (exact) mass is 236 g/mol. The molecule has 1 fully saturated rings. The smallest absolute Gasteiger partial charge is 0.330 e. The van der Waals surface area contributed by atoms with Crippen LogP contribution in [-0.4, -0.2) is 23.3 Å². The Morgan fingerprint density at radius 1 is 1.40 bits per heavy atom. The van der Waals surface area contributed by atoms with Crippen molar-refractivity contribution in [3.63, 3.8) is 0 Å². The van der Waals surface area contributed by atoms with Gasteiger partial charge in [-0.15, -0.1) is 0 Å². The molecule has 88 valence electrons. The average molecular weight is 236 g/mol. The molecule has 1 rings (SSSR count). The van der Waals surface area contributed by atoms with E-state index in [-0.39, 0.29) is 18.9 Å². The van der Waals surface area contributed by atoms with Gasteiger partial charge in [0.15, 0.2) is 6.17 Å². The molecule has 0 spiro atoms. The van der Waals surface area contributed by atoms with Gasteiger partial charge in [-0.25, -0.2) is 4.39 Å². The Morgan fingerprint density at radius 2 is 2.00 bits per heavy atom. The Morgan fingerprint density at radius 3 is 2.47 bits per heavy atom. The SMILES string of the molecule is NCC[C@@H](F)[C@@H](C1CCCCC1)[P+](=O)O. The second-order valence-corrected chi connectivity index (χ2v) is 5.49. The van der Waals surface area contributed by atoms with Crippen LogP contribution in [0.1, 0.15) is 38.5 Å². The second-order valence-electron chi connectivity index (χ2n) is 4.28. The van der Waals surface area contributed by atoms with Crippen LogP contribution in [0.2, 0.25) is 0 Å². The Bertz CT molecular complexity index is 210. The van der Waals surface area contributed by atoms with Gasteiger partial charge in [0.05, 0.1) is 0 Å². The lowest BCUT2D eigenvalue weighted by atomic mass is 9.85. The summed E-state index contributed by atoms with van der Waals surface area (Å²) in [6, 6.07) is 0. The van der Waals surface area contributed by atoms with Crippen LogP contribution >= 0.6 is 8.03 Å². The van der Waals surface area contributed by atoms with E-state index >= 15 is 0 Å². The zero-order valence-electron chi connectivity index (χ0n) is 8.94. The predicted octanol–water partition coefficient (Wildman–Crippen LogP) is 2.36. The van der Waals surface area contributed by atoms with Gasteiger partial charge in [0, 0.05) is 5.92 Å². The third-order valence-corrected chi connectivity index (χ3v) is 4.46.